The second-order valence-corrected chi connectivity index (χ2v) is 6.06. The van der Waals surface area contributed by atoms with E-state index in [-0.39, 0.29) is 0 Å². The summed E-state index contributed by atoms with van der Waals surface area (Å²) in [4.78, 5) is 4.98. The van der Waals surface area contributed by atoms with Crippen LogP contribution in [0.25, 0.3) is 0 Å². The monoisotopic (exact) mass is 270 g/mol. The second kappa shape index (κ2) is 7.58. The first-order valence-corrected chi connectivity index (χ1v) is 7.80. The van der Waals surface area contributed by atoms with Gasteiger partial charge in [-0.3, -0.25) is 9.80 Å². The Morgan fingerprint density at radius 1 is 0.947 bits per heavy atom. The van der Waals surface area contributed by atoms with Gasteiger partial charge in [0.15, 0.2) is 0 Å². The molecule has 0 aromatic rings. The summed E-state index contributed by atoms with van der Waals surface area (Å²) in [5, 5.41) is 0. The quantitative estimate of drug-likeness (QED) is 0.757. The molecule has 19 heavy (non-hydrogen) atoms. The maximum Gasteiger partial charge on any atom is 0.0622 e. The van der Waals surface area contributed by atoms with Crippen molar-refractivity contribution in [3.8, 4) is 0 Å². The van der Waals surface area contributed by atoms with E-state index in [0.29, 0.717) is 18.1 Å². The van der Waals surface area contributed by atoms with Gasteiger partial charge in [0.2, 0.25) is 0 Å². The zero-order chi connectivity index (χ0) is 13.7. The number of morpholine rings is 2. The Morgan fingerprint density at radius 2 is 1.63 bits per heavy atom. The van der Waals surface area contributed by atoms with E-state index in [0.717, 1.165) is 33.0 Å². The predicted molar refractivity (Wildman–Crippen MR) is 77.5 cm³/mol. The molecule has 2 aliphatic rings. The fraction of sp³-hybridized carbons (Fsp3) is 1.00. The molecule has 2 aliphatic heterocycles. The molecule has 0 N–H and O–H groups in total. The van der Waals surface area contributed by atoms with Gasteiger partial charge in [-0.15, -0.1) is 0 Å². The van der Waals surface area contributed by atoms with Crippen LogP contribution in [0, 0.1) is 0 Å². The second-order valence-electron chi connectivity index (χ2n) is 6.06. The molecule has 112 valence electrons. The lowest BCUT2D eigenvalue weighted by molar-refractivity contribution is -0.0418. The molecule has 0 radical (unpaired) electrons. The maximum absolute atomic E-state index is 5.74. The summed E-state index contributed by atoms with van der Waals surface area (Å²) in [5.41, 5.74) is 0. The fourth-order valence-electron chi connectivity index (χ4n) is 3.20. The minimum Gasteiger partial charge on any atom is -0.378 e. The molecule has 0 aromatic heterocycles. The minimum absolute atomic E-state index is 0.605. The van der Waals surface area contributed by atoms with Crippen molar-refractivity contribution in [2.24, 2.45) is 0 Å². The Hall–Kier alpha value is -0.160. The Labute approximate surface area is 118 Å². The summed E-state index contributed by atoms with van der Waals surface area (Å²) in [7, 11) is 4.48. The van der Waals surface area contributed by atoms with Gasteiger partial charge in [0.1, 0.15) is 0 Å². The Kier molecular flexibility index (Phi) is 6.07. The number of hydrogen-bond acceptors (Lipinski definition) is 4. The van der Waals surface area contributed by atoms with E-state index in [1.807, 2.05) is 0 Å². The normalized spacial score (nSPS) is 34.6. The molecule has 2 saturated heterocycles. The van der Waals surface area contributed by atoms with E-state index >= 15 is 0 Å². The Balaban J connectivity index is 1.69. The molecule has 0 aliphatic carbocycles. The molecular formula is C15H30N2O2. The van der Waals surface area contributed by atoms with Crippen LogP contribution in [0.2, 0.25) is 0 Å². The number of ether oxygens (including phenoxy) is 2. The van der Waals surface area contributed by atoms with Gasteiger partial charge < -0.3 is 9.47 Å². The van der Waals surface area contributed by atoms with E-state index in [9.17, 15) is 0 Å². The molecule has 0 bridgehead atoms. The van der Waals surface area contributed by atoms with Crippen LogP contribution in [0.1, 0.15) is 32.6 Å². The predicted octanol–water partition coefficient (Wildman–Crippen LogP) is 1.60. The van der Waals surface area contributed by atoms with Crippen molar-refractivity contribution in [2.75, 3.05) is 47.1 Å². The van der Waals surface area contributed by atoms with Crippen LogP contribution in [-0.4, -0.2) is 75.0 Å². The van der Waals surface area contributed by atoms with E-state index in [1.165, 1.54) is 25.7 Å². The first kappa shape index (κ1) is 15.2. The number of nitrogens with zero attached hydrogens (tertiary/aromatic N) is 2. The summed E-state index contributed by atoms with van der Waals surface area (Å²) in [6.45, 7) is 6.94. The van der Waals surface area contributed by atoms with Crippen LogP contribution in [0.3, 0.4) is 0 Å². The van der Waals surface area contributed by atoms with Gasteiger partial charge >= 0.3 is 0 Å². The van der Waals surface area contributed by atoms with Crippen LogP contribution in [0.5, 0.6) is 0 Å². The summed E-state index contributed by atoms with van der Waals surface area (Å²) in [5.74, 6) is 0. The molecule has 4 nitrogen and oxygen atoms in total. The first-order chi connectivity index (χ1) is 9.22. The molecule has 0 saturated carbocycles. The lowest BCUT2D eigenvalue weighted by Crippen LogP contribution is -2.49. The van der Waals surface area contributed by atoms with E-state index in [2.05, 4.69) is 30.8 Å². The van der Waals surface area contributed by atoms with Crippen molar-refractivity contribution >= 4 is 0 Å². The SMILES string of the molecule is CCC1COCC(CCCC2COCCN2C)N1C. The van der Waals surface area contributed by atoms with Crippen LogP contribution in [0.15, 0.2) is 0 Å². The minimum atomic E-state index is 0.605. The Morgan fingerprint density at radius 3 is 2.37 bits per heavy atom. The summed E-state index contributed by atoms with van der Waals surface area (Å²) < 4.78 is 11.3. The van der Waals surface area contributed by atoms with Gasteiger partial charge in [-0.25, -0.2) is 0 Å². The highest BCUT2D eigenvalue weighted by Gasteiger charge is 2.27. The molecule has 3 atom stereocenters. The average molecular weight is 270 g/mol. The lowest BCUT2D eigenvalue weighted by atomic mass is 10.0. The average Bonchev–Trinajstić information content (AvgIpc) is 2.43. The topological polar surface area (TPSA) is 24.9 Å². The van der Waals surface area contributed by atoms with Gasteiger partial charge in [0.25, 0.3) is 0 Å². The van der Waals surface area contributed by atoms with Crippen LogP contribution in [0.4, 0.5) is 0 Å². The van der Waals surface area contributed by atoms with Crippen LogP contribution in [-0.2, 0) is 9.47 Å². The zero-order valence-electron chi connectivity index (χ0n) is 12.8. The number of hydrogen-bond donors (Lipinski definition) is 0. The van der Waals surface area contributed by atoms with Crippen molar-refractivity contribution in [2.45, 2.75) is 50.7 Å². The first-order valence-electron chi connectivity index (χ1n) is 7.80. The third-order valence-corrected chi connectivity index (χ3v) is 4.84. The van der Waals surface area contributed by atoms with E-state index in [4.69, 9.17) is 9.47 Å². The molecule has 0 amide bonds. The van der Waals surface area contributed by atoms with E-state index < -0.39 is 0 Å². The molecular weight excluding hydrogens is 240 g/mol. The Bertz CT molecular complexity index is 263. The van der Waals surface area contributed by atoms with Crippen LogP contribution < -0.4 is 0 Å². The van der Waals surface area contributed by atoms with Crippen molar-refractivity contribution in [3.63, 3.8) is 0 Å². The van der Waals surface area contributed by atoms with E-state index in [1.54, 1.807) is 0 Å². The lowest BCUT2D eigenvalue weighted by Gasteiger charge is -2.39. The van der Waals surface area contributed by atoms with Gasteiger partial charge in [0, 0.05) is 24.7 Å². The smallest absolute Gasteiger partial charge is 0.0622 e. The molecule has 2 fully saturated rings. The maximum atomic E-state index is 5.74. The van der Waals surface area contributed by atoms with Gasteiger partial charge in [-0.2, -0.15) is 0 Å². The number of likely N-dealkylation sites (N-methyl/N-ethyl adjacent to an activating group) is 2. The highest BCUT2D eigenvalue weighted by atomic mass is 16.5. The highest BCUT2D eigenvalue weighted by molar-refractivity contribution is 4.81. The molecule has 2 rings (SSSR count). The third kappa shape index (κ3) is 4.15. The fourth-order valence-corrected chi connectivity index (χ4v) is 3.20. The summed E-state index contributed by atoms with van der Waals surface area (Å²) in [6, 6.07) is 1.83. The molecule has 4 heteroatoms. The molecule has 0 aromatic carbocycles. The molecule has 3 unspecified atom stereocenters. The number of rotatable bonds is 5. The zero-order valence-corrected chi connectivity index (χ0v) is 12.8. The molecule has 0 spiro atoms. The van der Waals surface area contributed by atoms with Gasteiger partial charge in [0.05, 0.1) is 26.4 Å². The highest BCUT2D eigenvalue weighted by Crippen LogP contribution is 2.20. The van der Waals surface area contributed by atoms with Crippen molar-refractivity contribution < 1.29 is 9.47 Å². The van der Waals surface area contributed by atoms with Crippen molar-refractivity contribution in [1.29, 1.82) is 0 Å². The van der Waals surface area contributed by atoms with Crippen molar-refractivity contribution in [3.05, 3.63) is 0 Å². The van der Waals surface area contributed by atoms with Crippen molar-refractivity contribution in [1.82, 2.24) is 9.80 Å². The third-order valence-electron chi connectivity index (χ3n) is 4.84. The van der Waals surface area contributed by atoms with Gasteiger partial charge in [-0.1, -0.05) is 13.3 Å². The summed E-state index contributed by atoms with van der Waals surface area (Å²) >= 11 is 0. The standard InChI is InChI=1S/C15H30N2O2/c1-4-13-10-19-12-15(17(13)3)7-5-6-14-11-18-9-8-16(14)2/h13-15H,4-12H2,1-3H3. The molecule has 2 heterocycles. The summed E-state index contributed by atoms with van der Waals surface area (Å²) in [6.07, 6.45) is 4.95. The van der Waals surface area contributed by atoms with Gasteiger partial charge in [-0.05, 0) is 33.4 Å². The van der Waals surface area contributed by atoms with Crippen LogP contribution >= 0.6 is 0 Å². The largest absolute Gasteiger partial charge is 0.378 e.